The second-order valence-corrected chi connectivity index (χ2v) is 8.02. The Morgan fingerprint density at radius 3 is 2.45 bits per heavy atom. The summed E-state index contributed by atoms with van der Waals surface area (Å²) in [5.74, 6) is 1.08. The quantitative estimate of drug-likeness (QED) is 0.111. The summed E-state index contributed by atoms with van der Waals surface area (Å²) in [6.45, 7) is 0.230. The molecule has 0 bridgehead atoms. The Bertz CT molecular complexity index is 1170. The first kappa shape index (κ1) is 22.6. The van der Waals surface area contributed by atoms with Gasteiger partial charge in [0.15, 0.2) is 11.5 Å². The first-order chi connectivity index (χ1) is 14.9. The molecule has 31 heavy (non-hydrogen) atoms. The number of hydrogen-bond acceptors (Lipinski definition) is 5. The van der Waals surface area contributed by atoms with Gasteiger partial charge < -0.3 is 9.47 Å². The number of nitrogens with zero attached hydrogens (tertiary/aromatic N) is 2. The average Bonchev–Trinajstić information content (AvgIpc) is 2.77. The number of ether oxygens (including phenoxy) is 2. The minimum Gasteiger partial charge on any atom is -0.493 e. The first-order valence-corrected chi connectivity index (χ1v) is 10.5. The number of non-ortho nitro benzene ring substituents is 1. The van der Waals surface area contributed by atoms with Gasteiger partial charge in [0.05, 0.1) is 27.2 Å². The molecule has 0 amide bonds. The number of methoxy groups -OCH3 is 1. The SMILES string of the molecule is COc1cc(C=C(C#N)c2ccc(Cl)cc2)cc(I)c1OCc1ccc([N+](=O)[O-])cc1. The van der Waals surface area contributed by atoms with Crippen molar-refractivity contribution in [2.24, 2.45) is 0 Å². The molecule has 0 radical (unpaired) electrons. The summed E-state index contributed by atoms with van der Waals surface area (Å²) in [6, 6.07) is 19.1. The second kappa shape index (κ2) is 10.3. The van der Waals surface area contributed by atoms with Gasteiger partial charge in [-0.25, -0.2) is 0 Å². The fourth-order valence-electron chi connectivity index (χ4n) is 2.81. The molecule has 0 aliphatic rings. The molecule has 0 aliphatic carbocycles. The third kappa shape index (κ3) is 5.75. The maximum absolute atomic E-state index is 10.8. The first-order valence-electron chi connectivity index (χ1n) is 9.02. The van der Waals surface area contributed by atoms with Gasteiger partial charge in [-0.15, -0.1) is 0 Å². The number of rotatable bonds is 7. The molecule has 0 atom stereocenters. The molecule has 0 fully saturated rings. The van der Waals surface area contributed by atoms with E-state index in [1.165, 1.54) is 12.1 Å². The van der Waals surface area contributed by atoms with E-state index in [2.05, 4.69) is 28.7 Å². The molecule has 3 aromatic carbocycles. The van der Waals surface area contributed by atoms with E-state index in [9.17, 15) is 15.4 Å². The number of nitro benzene ring substituents is 1. The smallest absolute Gasteiger partial charge is 0.269 e. The zero-order valence-corrected chi connectivity index (χ0v) is 19.3. The van der Waals surface area contributed by atoms with Crippen LogP contribution in [0.4, 0.5) is 5.69 Å². The summed E-state index contributed by atoms with van der Waals surface area (Å²) in [5, 5.41) is 21.0. The molecular formula is C23H16ClIN2O4. The van der Waals surface area contributed by atoms with Gasteiger partial charge in [-0.2, -0.15) is 5.26 Å². The average molecular weight is 547 g/mol. The molecule has 3 rings (SSSR count). The largest absolute Gasteiger partial charge is 0.493 e. The lowest BCUT2D eigenvalue weighted by Crippen LogP contribution is -2.00. The van der Waals surface area contributed by atoms with Gasteiger partial charge in [0.1, 0.15) is 6.61 Å². The van der Waals surface area contributed by atoms with E-state index in [0.717, 1.165) is 20.3 Å². The van der Waals surface area contributed by atoms with E-state index < -0.39 is 4.92 Å². The van der Waals surface area contributed by atoms with E-state index in [1.807, 2.05) is 6.07 Å². The van der Waals surface area contributed by atoms with Crippen LogP contribution in [0.1, 0.15) is 16.7 Å². The van der Waals surface area contributed by atoms with Gasteiger partial charge in [-0.3, -0.25) is 10.1 Å². The number of halogens is 2. The number of nitro groups is 1. The summed E-state index contributed by atoms with van der Waals surface area (Å²) >= 11 is 8.07. The van der Waals surface area contributed by atoms with Gasteiger partial charge in [0.2, 0.25) is 0 Å². The van der Waals surface area contributed by atoms with Crippen molar-refractivity contribution < 1.29 is 14.4 Å². The molecule has 0 spiro atoms. The number of nitriles is 1. The van der Waals surface area contributed by atoms with Crippen molar-refractivity contribution >= 4 is 51.5 Å². The Hall–Kier alpha value is -3.09. The Balaban J connectivity index is 1.84. The van der Waals surface area contributed by atoms with Crippen molar-refractivity contribution in [1.82, 2.24) is 0 Å². The minimum absolute atomic E-state index is 0.0287. The molecule has 0 N–H and O–H groups in total. The van der Waals surface area contributed by atoms with Gasteiger partial charge in [-0.05, 0) is 81.8 Å². The van der Waals surface area contributed by atoms with Crippen molar-refractivity contribution in [3.63, 3.8) is 0 Å². The molecular weight excluding hydrogens is 531 g/mol. The number of allylic oxidation sites excluding steroid dienone is 1. The third-order valence-corrected chi connectivity index (χ3v) is 5.42. The van der Waals surface area contributed by atoms with Gasteiger partial charge in [0.25, 0.3) is 5.69 Å². The van der Waals surface area contributed by atoms with Crippen molar-refractivity contribution in [2.75, 3.05) is 7.11 Å². The Morgan fingerprint density at radius 1 is 1.19 bits per heavy atom. The number of benzene rings is 3. The normalized spacial score (nSPS) is 11.0. The lowest BCUT2D eigenvalue weighted by molar-refractivity contribution is -0.384. The van der Waals surface area contributed by atoms with Crippen molar-refractivity contribution in [2.45, 2.75) is 6.61 Å². The number of hydrogen-bond donors (Lipinski definition) is 0. The highest BCUT2D eigenvalue weighted by Crippen LogP contribution is 2.36. The fourth-order valence-corrected chi connectivity index (χ4v) is 3.72. The fraction of sp³-hybridized carbons (Fsp3) is 0.0870. The third-order valence-electron chi connectivity index (χ3n) is 4.37. The zero-order valence-electron chi connectivity index (χ0n) is 16.3. The van der Waals surface area contributed by atoms with Crippen LogP contribution in [-0.4, -0.2) is 12.0 Å². The summed E-state index contributed by atoms with van der Waals surface area (Å²) in [6.07, 6.45) is 1.77. The highest BCUT2D eigenvalue weighted by atomic mass is 127. The molecule has 0 saturated heterocycles. The molecule has 6 nitrogen and oxygen atoms in total. The van der Waals surface area contributed by atoms with Crippen LogP contribution in [0.15, 0.2) is 60.7 Å². The van der Waals surface area contributed by atoms with Crippen molar-refractivity contribution in [1.29, 1.82) is 5.26 Å². The summed E-state index contributed by atoms with van der Waals surface area (Å²) in [7, 11) is 1.54. The zero-order chi connectivity index (χ0) is 22.4. The van der Waals surface area contributed by atoms with E-state index >= 15 is 0 Å². The van der Waals surface area contributed by atoms with Crippen molar-refractivity contribution in [3.05, 3.63) is 96.1 Å². The van der Waals surface area contributed by atoms with E-state index in [-0.39, 0.29) is 12.3 Å². The van der Waals surface area contributed by atoms with Crippen LogP contribution in [0, 0.1) is 25.0 Å². The Morgan fingerprint density at radius 2 is 1.87 bits per heavy atom. The molecule has 0 saturated carbocycles. The predicted octanol–water partition coefficient (Wildman–Crippen LogP) is 6.50. The van der Waals surface area contributed by atoms with Crippen molar-refractivity contribution in [3.8, 4) is 17.6 Å². The summed E-state index contributed by atoms with van der Waals surface area (Å²) in [4.78, 5) is 10.3. The van der Waals surface area contributed by atoms with Crippen LogP contribution in [0.3, 0.4) is 0 Å². The topological polar surface area (TPSA) is 85.4 Å². The van der Waals surface area contributed by atoms with Crippen LogP contribution >= 0.6 is 34.2 Å². The van der Waals surface area contributed by atoms with Crippen LogP contribution < -0.4 is 9.47 Å². The van der Waals surface area contributed by atoms with Gasteiger partial charge >= 0.3 is 0 Å². The van der Waals surface area contributed by atoms with E-state index in [0.29, 0.717) is 22.1 Å². The van der Waals surface area contributed by atoms with Gasteiger partial charge in [0, 0.05) is 17.2 Å². The standard InChI is InChI=1S/C23H16ClIN2O4/c1-30-22-12-16(10-18(13-26)17-4-6-19(24)7-5-17)11-21(25)23(22)31-14-15-2-8-20(9-3-15)27(28)29/h2-12H,14H2,1H3. The molecule has 156 valence electrons. The second-order valence-electron chi connectivity index (χ2n) is 6.42. The van der Waals surface area contributed by atoms with Crippen LogP contribution in [0.5, 0.6) is 11.5 Å². The monoisotopic (exact) mass is 546 g/mol. The maximum atomic E-state index is 10.8. The van der Waals surface area contributed by atoms with Gasteiger partial charge in [-0.1, -0.05) is 23.7 Å². The Kier molecular flexibility index (Phi) is 7.50. The molecule has 0 unspecified atom stereocenters. The van der Waals surface area contributed by atoms with E-state index in [4.69, 9.17) is 21.1 Å². The van der Waals surface area contributed by atoms with Crippen LogP contribution in [0.25, 0.3) is 11.6 Å². The molecule has 0 aromatic heterocycles. The lowest BCUT2D eigenvalue weighted by Gasteiger charge is -2.14. The molecule has 0 heterocycles. The highest BCUT2D eigenvalue weighted by Gasteiger charge is 2.13. The predicted molar refractivity (Wildman–Crippen MR) is 128 cm³/mol. The highest BCUT2D eigenvalue weighted by molar-refractivity contribution is 14.1. The van der Waals surface area contributed by atoms with E-state index in [1.54, 1.807) is 55.7 Å². The molecule has 3 aromatic rings. The molecule has 8 heteroatoms. The summed E-state index contributed by atoms with van der Waals surface area (Å²) < 4.78 is 12.2. The minimum atomic E-state index is -0.442. The van der Waals surface area contributed by atoms with Crippen LogP contribution in [0.2, 0.25) is 5.02 Å². The Labute approximate surface area is 198 Å². The lowest BCUT2D eigenvalue weighted by atomic mass is 10.0. The molecule has 0 aliphatic heterocycles. The summed E-state index contributed by atoms with van der Waals surface area (Å²) in [5.41, 5.74) is 2.87. The van der Waals surface area contributed by atoms with Crippen LogP contribution in [-0.2, 0) is 6.61 Å². The maximum Gasteiger partial charge on any atom is 0.269 e.